The number of hydrogen-bond acceptors (Lipinski definition) is 4. The summed E-state index contributed by atoms with van der Waals surface area (Å²) in [5.74, 6) is 0.952. The lowest BCUT2D eigenvalue weighted by Crippen LogP contribution is -2.50. The number of aryl methyl sites for hydroxylation is 2. The van der Waals surface area contributed by atoms with Gasteiger partial charge in [-0.2, -0.15) is 0 Å². The van der Waals surface area contributed by atoms with E-state index in [4.69, 9.17) is 9.47 Å². The Morgan fingerprint density at radius 2 is 2.00 bits per heavy atom. The molecule has 6 nitrogen and oxygen atoms in total. The van der Waals surface area contributed by atoms with E-state index < -0.39 is 6.10 Å². The molecule has 2 aromatic rings. The number of hydrogen-bond donors (Lipinski definition) is 1. The molecule has 27 heavy (non-hydrogen) atoms. The topological polar surface area (TPSA) is 67.9 Å². The number of rotatable bonds is 5. The average molecular weight is 368 g/mol. The number of anilines is 1. The minimum absolute atomic E-state index is 0.123. The van der Waals surface area contributed by atoms with Crippen LogP contribution in [0.25, 0.3) is 0 Å². The van der Waals surface area contributed by atoms with E-state index in [1.807, 2.05) is 44.2 Å². The molecular formula is C21H24N2O4. The molecule has 0 bridgehead atoms. The molecular weight excluding hydrogens is 344 g/mol. The third-order valence-corrected chi connectivity index (χ3v) is 4.44. The lowest BCUT2D eigenvalue weighted by molar-refractivity contribution is -0.128. The molecule has 2 aromatic carbocycles. The summed E-state index contributed by atoms with van der Waals surface area (Å²) in [5.41, 5.74) is 2.93. The maximum atomic E-state index is 12.5. The predicted octanol–water partition coefficient (Wildman–Crippen LogP) is 2.61. The molecule has 1 heterocycles. The molecule has 0 aliphatic carbocycles. The van der Waals surface area contributed by atoms with Crippen LogP contribution in [0.4, 0.5) is 5.69 Å². The Morgan fingerprint density at radius 1 is 1.22 bits per heavy atom. The van der Waals surface area contributed by atoms with Gasteiger partial charge in [-0.3, -0.25) is 9.59 Å². The molecule has 3 rings (SSSR count). The van der Waals surface area contributed by atoms with Crippen molar-refractivity contribution in [2.75, 3.05) is 24.6 Å². The smallest absolute Gasteiger partial charge is 0.263 e. The Morgan fingerprint density at radius 3 is 2.74 bits per heavy atom. The van der Waals surface area contributed by atoms with Crippen LogP contribution in [0.15, 0.2) is 42.5 Å². The molecule has 0 saturated heterocycles. The van der Waals surface area contributed by atoms with Crippen molar-refractivity contribution in [3.8, 4) is 11.5 Å². The first-order chi connectivity index (χ1) is 13.0. The molecule has 0 saturated carbocycles. The number of para-hydroxylation sites is 2. The molecule has 6 heteroatoms. The third kappa shape index (κ3) is 4.39. The fourth-order valence-electron chi connectivity index (χ4n) is 3.08. The largest absolute Gasteiger partial charge is 0.491 e. The van der Waals surface area contributed by atoms with Gasteiger partial charge in [0.1, 0.15) is 18.1 Å². The van der Waals surface area contributed by atoms with Gasteiger partial charge < -0.3 is 19.7 Å². The highest BCUT2D eigenvalue weighted by molar-refractivity contribution is 5.95. The summed E-state index contributed by atoms with van der Waals surface area (Å²) in [6, 6.07) is 13.2. The first-order valence-electron chi connectivity index (χ1n) is 8.97. The molecule has 1 atom stereocenters. The Bertz CT molecular complexity index is 850. The van der Waals surface area contributed by atoms with E-state index in [-0.39, 0.29) is 18.4 Å². The van der Waals surface area contributed by atoms with Crippen LogP contribution in [0.3, 0.4) is 0 Å². The molecule has 2 amide bonds. The number of benzene rings is 2. The first-order valence-corrected chi connectivity index (χ1v) is 8.97. The standard InChI is InChI=1S/C21H24N2O4/c1-14-8-9-18(15(2)12-14)26-11-10-22-21(25)20-13-23(16(3)24)17-6-4-5-7-19(17)27-20/h4-9,12,20H,10-11,13H2,1-3H3,(H,22,25)/t20-/m0/s1. The van der Waals surface area contributed by atoms with Gasteiger partial charge in [-0.15, -0.1) is 0 Å². The van der Waals surface area contributed by atoms with E-state index >= 15 is 0 Å². The number of fused-ring (bicyclic) bond motifs is 1. The number of carbonyl (C=O) groups is 2. The van der Waals surface area contributed by atoms with Gasteiger partial charge in [0.15, 0.2) is 6.10 Å². The van der Waals surface area contributed by atoms with Crippen LogP contribution in [0, 0.1) is 13.8 Å². The lowest BCUT2D eigenvalue weighted by Gasteiger charge is -2.33. The Balaban J connectivity index is 1.55. The zero-order valence-corrected chi connectivity index (χ0v) is 15.8. The summed E-state index contributed by atoms with van der Waals surface area (Å²) < 4.78 is 11.5. The summed E-state index contributed by atoms with van der Waals surface area (Å²) >= 11 is 0. The summed E-state index contributed by atoms with van der Waals surface area (Å²) in [4.78, 5) is 26.0. The van der Waals surface area contributed by atoms with Crippen LogP contribution in [0.2, 0.25) is 0 Å². The second-order valence-electron chi connectivity index (χ2n) is 6.61. The summed E-state index contributed by atoms with van der Waals surface area (Å²) in [6.45, 7) is 6.41. The maximum Gasteiger partial charge on any atom is 0.263 e. The van der Waals surface area contributed by atoms with E-state index in [0.29, 0.717) is 24.6 Å². The SMILES string of the molecule is CC(=O)N1C[C@@H](C(=O)NCCOc2ccc(C)cc2C)Oc2ccccc21. The van der Waals surface area contributed by atoms with E-state index in [2.05, 4.69) is 11.4 Å². The van der Waals surface area contributed by atoms with Gasteiger partial charge in [0.05, 0.1) is 18.8 Å². The van der Waals surface area contributed by atoms with Gasteiger partial charge in [0.25, 0.3) is 5.91 Å². The van der Waals surface area contributed by atoms with E-state index in [1.54, 1.807) is 11.0 Å². The summed E-state index contributed by atoms with van der Waals surface area (Å²) in [5, 5.41) is 2.82. The van der Waals surface area contributed by atoms with Crippen molar-refractivity contribution in [3.05, 3.63) is 53.6 Å². The van der Waals surface area contributed by atoms with Crippen LogP contribution in [0.5, 0.6) is 11.5 Å². The normalized spacial score (nSPS) is 15.5. The van der Waals surface area contributed by atoms with Gasteiger partial charge in [0, 0.05) is 6.92 Å². The number of nitrogens with one attached hydrogen (secondary N) is 1. The van der Waals surface area contributed by atoms with Gasteiger partial charge >= 0.3 is 0 Å². The molecule has 1 aliphatic rings. The minimum atomic E-state index is -0.745. The molecule has 0 aromatic heterocycles. The van der Waals surface area contributed by atoms with Crippen molar-refractivity contribution in [2.45, 2.75) is 26.9 Å². The van der Waals surface area contributed by atoms with Crippen molar-refractivity contribution in [3.63, 3.8) is 0 Å². The van der Waals surface area contributed by atoms with Crippen LogP contribution < -0.4 is 19.7 Å². The Hall–Kier alpha value is -3.02. The highest BCUT2D eigenvalue weighted by atomic mass is 16.5. The molecule has 0 unspecified atom stereocenters. The van der Waals surface area contributed by atoms with Crippen molar-refractivity contribution < 1.29 is 19.1 Å². The van der Waals surface area contributed by atoms with E-state index in [0.717, 1.165) is 11.3 Å². The summed E-state index contributed by atoms with van der Waals surface area (Å²) in [7, 11) is 0. The molecule has 1 aliphatic heterocycles. The third-order valence-electron chi connectivity index (χ3n) is 4.44. The highest BCUT2D eigenvalue weighted by Crippen LogP contribution is 2.33. The maximum absolute atomic E-state index is 12.5. The second-order valence-corrected chi connectivity index (χ2v) is 6.61. The fraction of sp³-hybridized carbons (Fsp3) is 0.333. The van der Waals surface area contributed by atoms with E-state index in [1.165, 1.54) is 12.5 Å². The van der Waals surface area contributed by atoms with Gasteiger partial charge in [-0.25, -0.2) is 0 Å². The fourth-order valence-corrected chi connectivity index (χ4v) is 3.08. The van der Waals surface area contributed by atoms with Crippen LogP contribution in [0.1, 0.15) is 18.1 Å². The lowest BCUT2D eigenvalue weighted by atomic mass is 10.1. The van der Waals surface area contributed by atoms with Crippen LogP contribution >= 0.6 is 0 Å². The number of amides is 2. The van der Waals surface area contributed by atoms with Crippen LogP contribution in [-0.2, 0) is 9.59 Å². The molecule has 0 fully saturated rings. The van der Waals surface area contributed by atoms with Gasteiger partial charge in [-0.05, 0) is 37.6 Å². The quantitative estimate of drug-likeness (QED) is 0.824. The second kappa shape index (κ2) is 8.12. The number of nitrogens with zero attached hydrogens (tertiary/aromatic N) is 1. The zero-order chi connectivity index (χ0) is 19.4. The minimum Gasteiger partial charge on any atom is -0.491 e. The number of carbonyl (C=O) groups excluding carboxylic acids is 2. The molecule has 142 valence electrons. The van der Waals surface area contributed by atoms with Crippen LogP contribution in [-0.4, -0.2) is 37.6 Å². The van der Waals surface area contributed by atoms with Gasteiger partial charge in [-0.1, -0.05) is 29.8 Å². The first kappa shape index (κ1) is 18.8. The van der Waals surface area contributed by atoms with Crippen molar-refractivity contribution >= 4 is 17.5 Å². The predicted molar refractivity (Wildman–Crippen MR) is 103 cm³/mol. The summed E-state index contributed by atoms with van der Waals surface area (Å²) in [6.07, 6.45) is -0.745. The zero-order valence-electron chi connectivity index (χ0n) is 15.8. The molecule has 0 spiro atoms. The average Bonchev–Trinajstić information content (AvgIpc) is 2.65. The Labute approximate surface area is 159 Å². The monoisotopic (exact) mass is 368 g/mol. The van der Waals surface area contributed by atoms with Crippen molar-refractivity contribution in [1.29, 1.82) is 0 Å². The van der Waals surface area contributed by atoms with Crippen molar-refractivity contribution in [1.82, 2.24) is 5.32 Å². The van der Waals surface area contributed by atoms with Gasteiger partial charge in [0.2, 0.25) is 5.91 Å². The molecule has 0 radical (unpaired) electrons. The van der Waals surface area contributed by atoms with Crippen molar-refractivity contribution in [2.24, 2.45) is 0 Å². The Kier molecular flexibility index (Phi) is 5.64. The van der Waals surface area contributed by atoms with E-state index in [9.17, 15) is 9.59 Å². The number of ether oxygens (including phenoxy) is 2. The highest BCUT2D eigenvalue weighted by Gasteiger charge is 2.32. The molecule has 1 N–H and O–H groups in total.